The van der Waals surface area contributed by atoms with Crippen molar-refractivity contribution < 1.29 is 59.4 Å². The second-order valence-electron chi connectivity index (χ2n) is 9.54. The van der Waals surface area contributed by atoms with Crippen LogP contribution in [0.15, 0.2) is 36.4 Å². The molecule has 8 atom stereocenters. The van der Waals surface area contributed by atoms with Crippen LogP contribution in [0, 0.1) is 5.92 Å². The third kappa shape index (κ3) is 5.67. The van der Waals surface area contributed by atoms with E-state index < -0.39 is 55.1 Å². The van der Waals surface area contributed by atoms with Gasteiger partial charge in [-0.1, -0.05) is 12.1 Å². The molecule has 0 saturated carbocycles. The highest BCUT2D eigenvalue weighted by atomic mass is 16.7. The maximum absolute atomic E-state index is 11.3. The summed E-state index contributed by atoms with van der Waals surface area (Å²) in [5, 5.41) is 70.8. The van der Waals surface area contributed by atoms with E-state index in [1.165, 1.54) is 26.4 Å². The Bertz CT molecular complexity index is 1090. The predicted molar refractivity (Wildman–Crippen MR) is 130 cm³/mol. The van der Waals surface area contributed by atoms with E-state index in [-0.39, 0.29) is 42.4 Å². The van der Waals surface area contributed by atoms with Gasteiger partial charge in [-0.15, -0.1) is 0 Å². The highest BCUT2D eigenvalue weighted by Crippen LogP contribution is 2.46. The van der Waals surface area contributed by atoms with E-state index >= 15 is 0 Å². The van der Waals surface area contributed by atoms with Gasteiger partial charge in [0.05, 0.1) is 26.9 Å². The minimum absolute atomic E-state index is 0.0387. The summed E-state index contributed by atoms with van der Waals surface area (Å²) < 4.78 is 27.7. The molecule has 210 valence electrons. The molecule has 12 heteroatoms. The molecule has 0 aromatic heterocycles. The summed E-state index contributed by atoms with van der Waals surface area (Å²) in [5.41, 5.74) is 1.25. The smallest absolute Gasteiger partial charge is 0.229 e. The third-order valence-electron chi connectivity index (χ3n) is 6.92. The average Bonchev–Trinajstić information content (AvgIpc) is 3.26. The summed E-state index contributed by atoms with van der Waals surface area (Å²) in [7, 11) is 2.82. The van der Waals surface area contributed by atoms with Gasteiger partial charge in [0, 0.05) is 25.4 Å². The Labute approximate surface area is 219 Å². The van der Waals surface area contributed by atoms with E-state index in [1.54, 1.807) is 24.3 Å². The lowest BCUT2D eigenvalue weighted by molar-refractivity contribution is -0.277. The second-order valence-corrected chi connectivity index (χ2v) is 9.54. The highest BCUT2D eigenvalue weighted by molar-refractivity contribution is 5.44. The molecular formula is C26H34O12. The number of hydrogen-bond acceptors (Lipinski definition) is 12. The zero-order valence-corrected chi connectivity index (χ0v) is 21.0. The van der Waals surface area contributed by atoms with Gasteiger partial charge in [-0.25, -0.2) is 0 Å². The molecule has 2 fully saturated rings. The highest BCUT2D eigenvalue weighted by Gasteiger charge is 2.47. The first kappa shape index (κ1) is 28.3. The van der Waals surface area contributed by atoms with Gasteiger partial charge in [0.1, 0.15) is 24.4 Å². The van der Waals surface area contributed by atoms with E-state index in [9.17, 15) is 35.7 Å². The minimum atomic E-state index is -1.62. The van der Waals surface area contributed by atoms with Gasteiger partial charge in [0.15, 0.2) is 28.8 Å². The Hall–Kier alpha value is -2.68. The number of ether oxygens (including phenoxy) is 5. The molecule has 2 aromatic rings. The number of aliphatic hydroxyl groups is 6. The van der Waals surface area contributed by atoms with Gasteiger partial charge in [0.2, 0.25) is 6.29 Å². The normalized spacial score (nSPS) is 33.2. The summed E-state index contributed by atoms with van der Waals surface area (Å²) in [5.74, 6) is -1.43. The van der Waals surface area contributed by atoms with Crippen LogP contribution in [0.1, 0.15) is 23.7 Å². The lowest BCUT2D eigenvalue weighted by Crippen LogP contribution is -2.60. The van der Waals surface area contributed by atoms with Crippen molar-refractivity contribution in [3.63, 3.8) is 0 Å². The van der Waals surface area contributed by atoms with Crippen molar-refractivity contribution >= 4 is 0 Å². The number of rotatable bonds is 9. The van der Waals surface area contributed by atoms with Crippen LogP contribution in [-0.2, 0) is 15.9 Å². The molecular weight excluding hydrogens is 504 g/mol. The third-order valence-corrected chi connectivity index (χ3v) is 6.92. The number of benzene rings is 2. The van der Waals surface area contributed by atoms with Gasteiger partial charge in [0.25, 0.3) is 0 Å². The van der Waals surface area contributed by atoms with Crippen LogP contribution in [0.3, 0.4) is 0 Å². The van der Waals surface area contributed by atoms with E-state index in [0.717, 1.165) is 0 Å². The molecule has 0 aliphatic carbocycles. The SMILES string of the molecule is COc1cc(C2OC(O)(Cc3ccc(OC4OC(CO)C(O)C(O)C4O)c(OC)c3)CC2CO)ccc1O. The Morgan fingerprint density at radius 3 is 2.29 bits per heavy atom. The van der Waals surface area contributed by atoms with E-state index in [4.69, 9.17) is 23.7 Å². The van der Waals surface area contributed by atoms with E-state index in [1.807, 2.05) is 0 Å². The minimum Gasteiger partial charge on any atom is -0.504 e. The van der Waals surface area contributed by atoms with Crippen LogP contribution < -0.4 is 14.2 Å². The summed E-state index contributed by atoms with van der Waals surface area (Å²) in [6.45, 7) is -0.822. The fourth-order valence-corrected chi connectivity index (χ4v) is 4.91. The summed E-state index contributed by atoms with van der Waals surface area (Å²) >= 11 is 0. The van der Waals surface area contributed by atoms with Crippen molar-refractivity contribution in [3.05, 3.63) is 47.5 Å². The number of phenols is 1. The first-order chi connectivity index (χ1) is 18.1. The molecule has 0 bridgehead atoms. The molecule has 2 aromatic carbocycles. The van der Waals surface area contributed by atoms with E-state index in [0.29, 0.717) is 11.1 Å². The lowest BCUT2D eigenvalue weighted by Gasteiger charge is -2.39. The molecule has 38 heavy (non-hydrogen) atoms. The standard InChI is InChI=1S/C26H34O12/c1-34-18-8-14(4-5-16(18)29)24-15(11-27)10-26(33,38-24)9-13-3-6-17(19(7-13)35-2)36-25-23(32)22(31)21(30)20(12-28)37-25/h3-8,15,20-25,27-33H,9-12H2,1-2H3. The Morgan fingerprint density at radius 2 is 1.63 bits per heavy atom. The molecule has 2 saturated heterocycles. The summed E-state index contributed by atoms with van der Waals surface area (Å²) in [6, 6.07) is 9.48. The van der Waals surface area contributed by atoms with E-state index in [2.05, 4.69) is 0 Å². The Kier molecular flexibility index (Phi) is 8.65. The summed E-state index contributed by atoms with van der Waals surface area (Å²) in [4.78, 5) is 0. The molecule has 0 amide bonds. The van der Waals surface area contributed by atoms with Crippen molar-refractivity contribution in [2.24, 2.45) is 5.92 Å². The molecule has 2 aliphatic rings. The molecule has 2 aliphatic heterocycles. The Morgan fingerprint density at radius 1 is 0.895 bits per heavy atom. The zero-order valence-electron chi connectivity index (χ0n) is 21.0. The fraction of sp³-hybridized carbons (Fsp3) is 0.538. The summed E-state index contributed by atoms with van der Waals surface area (Å²) in [6.07, 6.45) is -7.66. The van der Waals surface area contributed by atoms with Crippen LogP contribution in [0.25, 0.3) is 0 Å². The topological polar surface area (TPSA) is 188 Å². The zero-order chi connectivity index (χ0) is 27.6. The average molecular weight is 539 g/mol. The number of hydrogen-bond donors (Lipinski definition) is 7. The van der Waals surface area contributed by atoms with Crippen molar-refractivity contribution in [3.8, 4) is 23.0 Å². The van der Waals surface area contributed by atoms with Gasteiger partial charge in [-0.05, 0) is 35.4 Å². The van der Waals surface area contributed by atoms with Crippen LogP contribution >= 0.6 is 0 Å². The largest absolute Gasteiger partial charge is 0.504 e. The monoisotopic (exact) mass is 538 g/mol. The molecule has 2 heterocycles. The van der Waals surface area contributed by atoms with Gasteiger partial charge in [-0.3, -0.25) is 0 Å². The first-order valence-corrected chi connectivity index (χ1v) is 12.1. The molecule has 7 N–H and O–H groups in total. The Balaban J connectivity index is 1.50. The maximum Gasteiger partial charge on any atom is 0.229 e. The fourth-order valence-electron chi connectivity index (χ4n) is 4.91. The maximum atomic E-state index is 11.3. The predicted octanol–water partition coefficient (Wildman–Crippen LogP) is -0.411. The first-order valence-electron chi connectivity index (χ1n) is 12.1. The van der Waals surface area contributed by atoms with Gasteiger partial charge in [-0.2, -0.15) is 0 Å². The lowest BCUT2D eigenvalue weighted by atomic mass is 9.92. The van der Waals surface area contributed by atoms with Crippen molar-refractivity contribution in [2.75, 3.05) is 27.4 Å². The molecule has 0 spiro atoms. The van der Waals surface area contributed by atoms with Gasteiger partial charge >= 0.3 is 0 Å². The number of aliphatic hydroxyl groups excluding tert-OH is 5. The molecule has 0 radical (unpaired) electrons. The van der Waals surface area contributed by atoms with Crippen molar-refractivity contribution in [1.82, 2.24) is 0 Å². The van der Waals surface area contributed by atoms with Gasteiger partial charge < -0.3 is 59.4 Å². The van der Waals surface area contributed by atoms with Crippen LogP contribution in [0.2, 0.25) is 0 Å². The van der Waals surface area contributed by atoms with Crippen LogP contribution in [0.5, 0.6) is 23.0 Å². The number of methoxy groups -OCH3 is 2. The molecule has 12 nitrogen and oxygen atoms in total. The molecule has 4 rings (SSSR count). The number of phenolic OH excluding ortho intramolecular Hbond substituents is 1. The number of aromatic hydroxyl groups is 1. The van der Waals surface area contributed by atoms with Crippen molar-refractivity contribution in [2.45, 2.75) is 55.4 Å². The van der Waals surface area contributed by atoms with Crippen LogP contribution in [-0.4, -0.2) is 99.7 Å². The second kappa shape index (κ2) is 11.6. The van der Waals surface area contributed by atoms with Crippen LogP contribution in [0.4, 0.5) is 0 Å². The molecule has 8 unspecified atom stereocenters. The quantitative estimate of drug-likeness (QED) is 0.219. The van der Waals surface area contributed by atoms with Crippen molar-refractivity contribution in [1.29, 1.82) is 0 Å².